The van der Waals surface area contributed by atoms with Gasteiger partial charge in [-0.25, -0.2) is 0 Å². The maximum atomic E-state index is 13.1. The summed E-state index contributed by atoms with van der Waals surface area (Å²) in [5.74, 6) is 0.478. The van der Waals surface area contributed by atoms with Crippen LogP contribution < -0.4 is 5.32 Å². The lowest BCUT2D eigenvalue weighted by molar-refractivity contribution is -0.141. The zero-order valence-electron chi connectivity index (χ0n) is 17.6. The topological polar surface area (TPSA) is 62.3 Å². The van der Waals surface area contributed by atoms with Gasteiger partial charge >= 0.3 is 0 Å². The Morgan fingerprint density at radius 3 is 2.59 bits per heavy atom. The summed E-state index contributed by atoms with van der Waals surface area (Å²) in [7, 11) is 1.69. The maximum absolute atomic E-state index is 13.1. The lowest BCUT2D eigenvalue weighted by Gasteiger charge is -2.42. The molecule has 3 rings (SSSR count). The summed E-state index contributed by atoms with van der Waals surface area (Å²) in [5, 5.41) is 2.87. The first-order valence-electron chi connectivity index (χ1n) is 10.4. The van der Waals surface area contributed by atoms with Crippen molar-refractivity contribution < 1.29 is 9.59 Å². The molecule has 154 valence electrons. The van der Waals surface area contributed by atoms with E-state index in [1.54, 1.807) is 19.4 Å². The van der Waals surface area contributed by atoms with Crippen molar-refractivity contribution in [3.63, 3.8) is 0 Å². The molecule has 1 aromatic carbocycles. The van der Waals surface area contributed by atoms with E-state index in [1.807, 2.05) is 29.2 Å². The lowest BCUT2D eigenvalue weighted by atomic mass is 9.73. The second-order valence-electron chi connectivity index (χ2n) is 8.45. The molecular formula is C24H31N3O2. The highest BCUT2D eigenvalue weighted by Crippen LogP contribution is 2.37. The summed E-state index contributed by atoms with van der Waals surface area (Å²) < 4.78 is 0. The number of carbonyl (C=O) groups is 2. The third-order valence-corrected chi connectivity index (χ3v) is 5.76. The average molecular weight is 394 g/mol. The first-order valence-corrected chi connectivity index (χ1v) is 10.4. The van der Waals surface area contributed by atoms with E-state index in [0.717, 1.165) is 36.1 Å². The molecule has 0 aliphatic carbocycles. The molecule has 0 radical (unpaired) electrons. The number of carbonyl (C=O) groups excluding carboxylic acids is 2. The van der Waals surface area contributed by atoms with Crippen LogP contribution in [0, 0.1) is 11.3 Å². The number of piperidine rings is 1. The fourth-order valence-corrected chi connectivity index (χ4v) is 4.35. The Morgan fingerprint density at radius 1 is 1.17 bits per heavy atom. The van der Waals surface area contributed by atoms with Crippen LogP contribution in [0.25, 0.3) is 11.1 Å². The van der Waals surface area contributed by atoms with Gasteiger partial charge in [-0.2, -0.15) is 0 Å². The van der Waals surface area contributed by atoms with E-state index < -0.39 is 5.41 Å². The molecule has 1 aliphatic rings. The Bertz CT molecular complexity index is 850. The number of benzene rings is 1. The molecule has 5 nitrogen and oxygen atoms in total. The molecule has 0 saturated carbocycles. The van der Waals surface area contributed by atoms with Gasteiger partial charge in [-0.15, -0.1) is 0 Å². The molecule has 1 aliphatic heterocycles. The smallest absolute Gasteiger partial charge is 0.228 e. The second kappa shape index (κ2) is 9.21. The fraction of sp³-hybridized carbons (Fsp3) is 0.458. The van der Waals surface area contributed by atoms with E-state index in [-0.39, 0.29) is 11.8 Å². The number of pyridine rings is 1. The van der Waals surface area contributed by atoms with Crippen LogP contribution in [-0.2, 0) is 16.0 Å². The van der Waals surface area contributed by atoms with Crippen molar-refractivity contribution >= 4 is 11.8 Å². The number of likely N-dealkylation sites (tertiary alicyclic amines) is 1. The third-order valence-electron chi connectivity index (χ3n) is 5.76. The van der Waals surface area contributed by atoms with Crippen LogP contribution in [0.5, 0.6) is 0 Å². The normalized spacial score (nSPS) is 19.2. The first kappa shape index (κ1) is 21.0. The Balaban J connectivity index is 1.93. The largest absolute Gasteiger partial charge is 0.359 e. The van der Waals surface area contributed by atoms with Gasteiger partial charge < -0.3 is 10.2 Å². The molecule has 0 bridgehead atoms. The summed E-state index contributed by atoms with van der Waals surface area (Å²) in [6.07, 6.45) is 6.33. The molecule has 0 unspecified atom stereocenters. The van der Waals surface area contributed by atoms with Crippen LogP contribution in [0.2, 0.25) is 0 Å². The van der Waals surface area contributed by atoms with Gasteiger partial charge in [0.2, 0.25) is 11.8 Å². The molecule has 5 heteroatoms. The molecule has 29 heavy (non-hydrogen) atoms. The van der Waals surface area contributed by atoms with Crippen LogP contribution in [-0.4, -0.2) is 41.8 Å². The highest BCUT2D eigenvalue weighted by Gasteiger charge is 2.43. The van der Waals surface area contributed by atoms with Crippen molar-refractivity contribution in [1.29, 1.82) is 0 Å². The summed E-state index contributed by atoms with van der Waals surface area (Å²) in [4.78, 5) is 31.8. The van der Waals surface area contributed by atoms with Crippen molar-refractivity contribution in [2.24, 2.45) is 11.3 Å². The average Bonchev–Trinajstić information content (AvgIpc) is 2.74. The third kappa shape index (κ3) is 4.84. The van der Waals surface area contributed by atoms with Crippen LogP contribution in [0.3, 0.4) is 0 Å². The zero-order valence-corrected chi connectivity index (χ0v) is 17.6. The number of nitrogens with one attached hydrogen (secondary N) is 1. The Hall–Kier alpha value is -2.69. The van der Waals surface area contributed by atoms with Crippen molar-refractivity contribution in [1.82, 2.24) is 15.2 Å². The van der Waals surface area contributed by atoms with Crippen molar-refractivity contribution in [3.8, 4) is 11.1 Å². The number of amides is 2. The minimum Gasteiger partial charge on any atom is -0.359 e. The van der Waals surface area contributed by atoms with Gasteiger partial charge in [0.1, 0.15) is 0 Å². The van der Waals surface area contributed by atoms with Gasteiger partial charge in [0.05, 0.1) is 5.41 Å². The SMILES string of the molecule is CNC(=O)[C@@]1(Cc2ccccc2-c2ccncc2)CCCN(C(=O)CC(C)C)C1. The maximum Gasteiger partial charge on any atom is 0.228 e. The van der Waals surface area contributed by atoms with Gasteiger partial charge in [0.15, 0.2) is 0 Å². The summed E-state index contributed by atoms with van der Waals surface area (Å²) in [6.45, 7) is 5.32. The molecule has 0 spiro atoms. The van der Waals surface area contributed by atoms with Gasteiger partial charge in [0, 0.05) is 39.0 Å². The van der Waals surface area contributed by atoms with E-state index in [0.29, 0.717) is 25.3 Å². The van der Waals surface area contributed by atoms with E-state index >= 15 is 0 Å². The number of hydrogen-bond donors (Lipinski definition) is 1. The first-order chi connectivity index (χ1) is 13.9. The molecular weight excluding hydrogens is 362 g/mol. The number of nitrogens with zero attached hydrogens (tertiary/aromatic N) is 2. The standard InChI is InChI=1S/C24H31N3O2/c1-18(2)15-22(28)27-14-6-11-24(17-27,23(29)25-3)16-20-7-4-5-8-21(20)19-9-12-26-13-10-19/h4-5,7-10,12-13,18H,6,11,14-17H2,1-3H3,(H,25,29)/t24-/m1/s1. The number of hydrogen-bond acceptors (Lipinski definition) is 3. The predicted octanol–water partition coefficient (Wildman–Crippen LogP) is 3.69. The lowest BCUT2D eigenvalue weighted by Crippen LogP contribution is -2.54. The second-order valence-corrected chi connectivity index (χ2v) is 8.45. The molecule has 1 atom stereocenters. The van der Waals surface area contributed by atoms with Crippen molar-refractivity contribution in [2.75, 3.05) is 20.1 Å². The minimum atomic E-state index is -0.608. The van der Waals surface area contributed by atoms with E-state index in [4.69, 9.17) is 0 Å². The van der Waals surface area contributed by atoms with Gasteiger partial charge in [-0.1, -0.05) is 38.1 Å². The molecule has 1 aromatic heterocycles. The van der Waals surface area contributed by atoms with Crippen LogP contribution in [0.4, 0.5) is 0 Å². The molecule has 2 heterocycles. The monoisotopic (exact) mass is 393 g/mol. The molecule has 1 saturated heterocycles. The minimum absolute atomic E-state index is 0.0177. The molecule has 2 amide bonds. The van der Waals surface area contributed by atoms with Crippen LogP contribution in [0.1, 0.15) is 38.7 Å². The number of rotatable bonds is 6. The van der Waals surface area contributed by atoms with Crippen molar-refractivity contribution in [2.45, 2.75) is 39.5 Å². The van der Waals surface area contributed by atoms with Gasteiger partial charge in [0.25, 0.3) is 0 Å². The van der Waals surface area contributed by atoms with Crippen LogP contribution in [0.15, 0.2) is 48.8 Å². The van der Waals surface area contributed by atoms with E-state index in [1.165, 1.54) is 0 Å². The van der Waals surface area contributed by atoms with Gasteiger partial charge in [-0.3, -0.25) is 14.6 Å². The summed E-state index contributed by atoms with van der Waals surface area (Å²) >= 11 is 0. The van der Waals surface area contributed by atoms with E-state index in [9.17, 15) is 9.59 Å². The quantitative estimate of drug-likeness (QED) is 0.814. The predicted molar refractivity (Wildman–Crippen MR) is 115 cm³/mol. The van der Waals surface area contributed by atoms with E-state index in [2.05, 4.69) is 36.3 Å². The molecule has 2 aromatic rings. The Labute approximate surface area is 173 Å². The number of aromatic nitrogens is 1. The zero-order chi connectivity index (χ0) is 20.9. The summed E-state index contributed by atoms with van der Waals surface area (Å²) in [5.41, 5.74) is 2.72. The van der Waals surface area contributed by atoms with Crippen molar-refractivity contribution in [3.05, 3.63) is 54.4 Å². The molecule has 1 fully saturated rings. The molecule has 1 N–H and O–H groups in total. The van der Waals surface area contributed by atoms with Gasteiger partial charge in [-0.05, 0) is 54.0 Å². The fourth-order valence-electron chi connectivity index (χ4n) is 4.35. The highest BCUT2D eigenvalue weighted by molar-refractivity contribution is 5.85. The van der Waals surface area contributed by atoms with Crippen LogP contribution >= 0.6 is 0 Å². The highest BCUT2D eigenvalue weighted by atomic mass is 16.2. The Morgan fingerprint density at radius 2 is 1.90 bits per heavy atom. The summed E-state index contributed by atoms with van der Waals surface area (Å²) in [6, 6.07) is 12.2. The Kier molecular flexibility index (Phi) is 6.68.